The summed E-state index contributed by atoms with van der Waals surface area (Å²) < 4.78 is 5.38. The molecule has 0 bridgehead atoms. The topological polar surface area (TPSA) is 87.4 Å². The third-order valence-electron chi connectivity index (χ3n) is 5.28. The summed E-state index contributed by atoms with van der Waals surface area (Å²) in [5.41, 5.74) is 2.78. The molecule has 3 N–H and O–H groups in total. The van der Waals surface area contributed by atoms with Crippen LogP contribution in [0.3, 0.4) is 0 Å². The Kier molecular flexibility index (Phi) is 4.00. The maximum Gasteiger partial charge on any atom is 0.320 e. The fourth-order valence-electron chi connectivity index (χ4n) is 3.78. The van der Waals surface area contributed by atoms with Crippen LogP contribution >= 0.6 is 0 Å². The van der Waals surface area contributed by atoms with Gasteiger partial charge < -0.3 is 20.3 Å². The number of hydrogen-bond donors (Lipinski definition) is 3. The molecule has 1 aromatic heterocycles. The van der Waals surface area contributed by atoms with Crippen LogP contribution in [-0.2, 0) is 12.0 Å². The maximum atomic E-state index is 12.7. The van der Waals surface area contributed by atoms with E-state index in [2.05, 4.69) is 21.9 Å². The van der Waals surface area contributed by atoms with Crippen molar-refractivity contribution in [2.24, 2.45) is 0 Å². The highest BCUT2D eigenvalue weighted by Gasteiger charge is 2.38. The van der Waals surface area contributed by atoms with Gasteiger partial charge in [-0.15, -0.1) is 0 Å². The highest BCUT2D eigenvalue weighted by atomic mass is 16.5. The number of amides is 2. The molecule has 0 aliphatic heterocycles. The Morgan fingerprint density at radius 2 is 2.20 bits per heavy atom. The molecule has 1 aromatic carbocycles. The molecule has 1 atom stereocenters. The molecule has 0 saturated heterocycles. The van der Waals surface area contributed by atoms with Crippen LogP contribution in [0.25, 0.3) is 0 Å². The van der Waals surface area contributed by atoms with E-state index in [1.807, 2.05) is 25.1 Å². The lowest BCUT2D eigenvalue weighted by Gasteiger charge is -2.38. The molecular weight excluding hydrogens is 318 g/mol. The molecule has 0 radical (unpaired) electrons. The fraction of sp³-hybridized carbons (Fsp3) is 0.474. The quantitative estimate of drug-likeness (QED) is 0.797. The average Bonchev–Trinajstić information content (AvgIpc) is 3.40. The molecule has 132 valence electrons. The molecule has 25 heavy (non-hydrogen) atoms. The Bertz CT molecular complexity index is 797. The number of nitrogens with one attached hydrogen (secondary N) is 2. The van der Waals surface area contributed by atoms with Crippen LogP contribution in [0.1, 0.15) is 54.2 Å². The molecule has 2 aromatic rings. The van der Waals surface area contributed by atoms with Crippen molar-refractivity contribution in [3.05, 3.63) is 46.8 Å². The molecule has 2 aliphatic rings. The second kappa shape index (κ2) is 6.19. The molecule has 4 rings (SSSR count). The molecule has 1 heterocycles. The van der Waals surface area contributed by atoms with E-state index in [9.17, 15) is 9.90 Å². The van der Waals surface area contributed by atoms with Crippen molar-refractivity contribution in [3.8, 4) is 0 Å². The Labute approximate surface area is 146 Å². The van der Waals surface area contributed by atoms with Crippen LogP contribution in [-0.4, -0.2) is 22.9 Å². The first-order valence-corrected chi connectivity index (χ1v) is 8.87. The van der Waals surface area contributed by atoms with E-state index in [1.165, 1.54) is 5.56 Å². The van der Waals surface area contributed by atoms with Gasteiger partial charge in [0.1, 0.15) is 11.4 Å². The largest absolute Gasteiger partial charge is 0.394 e. The highest BCUT2D eigenvalue weighted by Crippen LogP contribution is 2.44. The van der Waals surface area contributed by atoms with Crippen LogP contribution in [0.2, 0.25) is 0 Å². The van der Waals surface area contributed by atoms with Gasteiger partial charge in [-0.1, -0.05) is 29.4 Å². The van der Waals surface area contributed by atoms with E-state index >= 15 is 0 Å². The van der Waals surface area contributed by atoms with Crippen molar-refractivity contribution >= 4 is 11.7 Å². The number of carbonyl (C=O) groups excluding carboxylic acids is 1. The summed E-state index contributed by atoms with van der Waals surface area (Å²) in [6, 6.07) is 7.66. The normalized spacial score (nSPS) is 22.3. The van der Waals surface area contributed by atoms with E-state index in [4.69, 9.17) is 4.52 Å². The maximum absolute atomic E-state index is 12.7. The fourth-order valence-corrected chi connectivity index (χ4v) is 3.78. The lowest BCUT2D eigenvalue weighted by atomic mass is 9.77. The molecule has 0 spiro atoms. The Hall–Kier alpha value is -2.34. The summed E-state index contributed by atoms with van der Waals surface area (Å²) in [4.78, 5) is 12.7. The van der Waals surface area contributed by atoms with Crippen molar-refractivity contribution in [1.82, 2.24) is 10.5 Å². The number of aryl methyl sites for hydroxylation is 2. The minimum atomic E-state index is -0.746. The molecule has 6 heteroatoms. The van der Waals surface area contributed by atoms with Crippen LogP contribution in [0, 0.1) is 6.92 Å². The molecule has 0 unspecified atom stereocenters. The first-order valence-electron chi connectivity index (χ1n) is 8.87. The second-order valence-electron chi connectivity index (χ2n) is 7.11. The summed E-state index contributed by atoms with van der Waals surface area (Å²) in [6.45, 7) is 1.69. The van der Waals surface area contributed by atoms with Crippen LogP contribution in [0.5, 0.6) is 0 Å². The first kappa shape index (κ1) is 16.1. The number of fused-ring (bicyclic) bond motifs is 1. The number of hydrogen-bond acceptors (Lipinski definition) is 4. The standard InChI is InChI=1S/C19H23N3O3/c1-12-16(17(25-22-12)14-8-9-14)20-18(24)21-19(11-23)10-4-6-13-5-2-3-7-15(13)19/h2-3,5,7,14,23H,4,6,8-11H2,1H3,(H2,20,21,24)/t19-/m1/s1. The predicted octanol–water partition coefficient (Wildman–Crippen LogP) is 3.21. The van der Waals surface area contributed by atoms with E-state index in [0.717, 1.165) is 37.0 Å². The van der Waals surface area contributed by atoms with E-state index in [0.29, 0.717) is 23.7 Å². The van der Waals surface area contributed by atoms with Gasteiger partial charge in [-0.25, -0.2) is 4.79 Å². The van der Waals surface area contributed by atoms with Crippen LogP contribution in [0.4, 0.5) is 10.5 Å². The summed E-state index contributed by atoms with van der Waals surface area (Å²) in [6.07, 6.45) is 4.75. The second-order valence-corrected chi connectivity index (χ2v) is 7.11. The molecule has 1 saturated carbocycles. The smallest absolute Gasteiger partial charge is 0.320 e. The van der Waals surface area contributed by atoms with Gasteiger partial charge in [0.05, 0.1) is 12.1 Å². The number of benzene rings is 1. The van der Waals surface area contributed by atoms with Gasteiger partial charge in [-0.2, -0.15) is 0 Å². The summed E-state index contributed by atoms with van der Waals surface area (Å²) >= 11 is 0. The third kappa shape index (κ3) is 2.91. The van der Waals surface area contributed by atoms with E-state index < -0.39 is 5.54 Å². The van der Waals surface area contributed by atoms with Crippen molar-refractivity contribution in [2.45, 2.75) is 50.5 Å². The molecule has 6 nitrogen and oxygen atoms in total. The predicted molar refractivity (Wildman–Crippen MR) is 93.5 cm³/mol. The number of rotatable bonds is 4. The number of aliphatic hydroxyl groups is 1. The third-order valence-corrected chi connectivity index (χ3v) is 5.28. The van der Waals surface area contributed by atoms with Gasteiger partial charge in [0, 0.05) is 5.92 Å². The summed E-state index contributed by atoms with van der Waals surface area (Å²) in [7, 11) is 0. The highest BCUT2D eigenvalue weighted by molar-refractivity contribution is 5.91. The SMILES string of the molecule is Cc1noc(C2CC2)c1NC(=O)N[C@@]1(CO)CCCc2ccccc21. The van der Waals surface area contributed by atoms with Gasteiger partial charge in [-0.05, 0) is 50.2 Å². The number of nitrogens with zero attached hydrogens (tertiary/aromatic N) is 1. The first-order chi connectivity index (χ1) is 12.1. The molecule has 2 amide bonds. The monoisotopic (exact) mass is 341 g/mol. The summed E-state index contributed by atoms with van der Waals surface area (Å²) in [5.74, 6) is 1.12. The molecule has 1 fully saturated rings. The van der Waals surface area contributed by atoms with Gasteiger partial charge in [-0.3, -0.25) is 0 Å². The van der Waals surface area contributed by atoms with Crippen LogP contribution < -0.4 is 10.6 Å². The number of urea groups is 1. The Morgan fingerprint density at radius 1 is 1.40 bits per heavy atom. The number of carbonyl (C=O) groups is 1. The van der Waals surface area contributed by atoms with Gasteiger partial charge in [0.25, 0.3) is 0 Å². The molecular formula is C19H23N3O3. The number of aliphatic hydroxyl groups excluding tert-OH is 1. The van der Waals surface area contributed by atoms with Gasteiger partial charge in [0.15, 0.2) is 5.76 Å². The Balaban J connectivity index is 1.57. The number of aromatic nitrogens is 1. The van der Waals surface area contributed by atoms with Gasteiger partial charge in [0.2, 0.25) is 0 Å². The summed E-state index contributed by atoms with van der Waals surface area (Å²) in [5, 5.41) is 20.0. The minimum Gasteiger partial charge on any atom is -0.394 e. The number of anilines is 1. The van der Waals surface area contributed by atoms with Crippen molar-refractivity contribution in [1.29, 1.82) is 0 Å². The minimum absolute atomic E-state index is 0.129. The zero-order valence-electron chi connectivity index (χ0n) is 14.3. The van der Waals surface area contributed by atoms with E-state index in [-0.39, 0.29) is 12.6 Å². The van der Waals surface area contributed by atoms with Crippen molar-refractivity contribution in [2.75, 3.05) is 11.9 Å². The zero-order valence-corrected chi connectivity index (χ0v) is 14.3. The lowest BCUT2D eigenvalue weighted by Crippen LogP contribution is -2.52. The van der Waals surface area contributed by atoms with Gasteiger partial charge >= 0.3 is 6.03 Å². The lowest BCUT2D eigenvalue weighted by molar-refractivity contribution is 0.147. The van der Waals surface area contributed by atoms with Crippen molar-refractivity contribution in [3.63, 3.8) is 0 Å². The van der Waals surface area contributed by atoms with Crippen molar-refractivity contribution < 1.29 is 14.4 Å². The van der Waals surface area contributed by atoms with E-state index in [1.54, 1.807) is 0 Å². The molecule has 2 aliphatic carbocycles. The van der Waals surface area contributed by atoms with Crippen LogP contribution in [0.15, 0.2) is 28.8 Å². The average molecular weight is 341 g/mol. The zero-order chi connectivity index (χ0) is 17.4. The Morgan fingerprint density at radius 3 is 2.96 bits per heavy atom.